The number of hydrogen-bond acceptors (Lipinski definition) is 2. The van der Waals surface area contributed by atoms with Gasteiger partial charge in [0.25, 0.3) is 0 Å². The number of nitrogen functional groups attached to an aromatic ring is 1. The minimum absolute atomic E-state index is 0.777. The van der Waals surface area contributed by atoms with Gasteiger partial charge in [-0.1, -0.05) is 103 Å². The number of benzene rings is 6. The molecule has 3 aromatic heterocycles. The van der Waals surface area contributed by atoms with Crippen LogP contribution in [-0.2, 0) is 12.8 Å². The minimum atomic E-state index is 0.777. The molecule has 3 heterocycles. The number of aromatic nitrogens is 2. The van der Waals surface area contributed by atoms with Gasteiger partial charge in [0, 0.05) is 64.8 Å². The zero-order valence-corrected chi connectivity index (χ0v) is 29.5. The molecular formula is C48H35N3S. The topological polar surface area (TPSA) is 35.9 Å². The zero-order chi connectivity index (χ0) is 34.3. The van der Waals surface area contributed by atoms with E-state index in [2.05, 4.69) is 155 Å². The molecule has 4 heteroatoms. The molecule has 248 valence electrons. The van der Waals surface area contributed by atoms with Crippen LogP contribution in [-0.4, -0.2) is 9.13 Å². The maximum absolute atomic E-state index is 7.03. The Labute approximate surface area is 306 Å². The molecule has 0 aliphatic heterocycles. The third-order valence-electron chi connectivity index (χ3n) is 11.2. The number of thiophene rings is 1. The summed E-state index contributed by atoms with van der Waals surface area (Å²) in [5, 5.41) is 5.30. The average Bonchev–Trinajstić information content (AvgIpc) is 3.86. The van der Waals surface area contributed by atoms with Crippen LogP contribution in [0.1, 0.15) is 35.4 Å². The van der Waals surface area contributed by atoms with Gasteiger partial charge in [0.05, 0.1) is 16.7 Å². The molecule has 0 spiro atoms. The summed E-state index contributed by atoms with van der Waals surface area (Å²) in [7, 11) is 0. The van der Waals surface area contributed by atoms with Gasteiger partial charge in [-0.15, -0.1) is 11.3 Å². The lowest BCUT2D eigenvalue weighted by Crippen LogP contribution is -2.04. The van der Waals surface area contributed by atoms with Crippen LogP contribution in [0.15, 0.2) is 140 Å². The second-order valence-electron chi connectivity index (χ2n) is 14.1. The molecule has 3 nitrogen and oxygen atoms in total. The van der Waals surface area contributed by atoms with E-state index < -0.39 is 0 Å². The predicted molar refractivity (Wildman–Crippen MR) is 223 cm³/mol. The van der Waals surface area contributed by atoms with Crippen LogP contribution in [0.4, 0.5) is 5.69 Å². The SMILES string of the molecule is Nc1cccc(-n2c3c(c4c2ccc2c5c(n(-c6ccccc6)c24)CCC=C5)CCC=C3)c1-c1cccc(-c2cccc3c2sc2ccccc23)c1. The largest absolute Gasteiger partial charge is 0.398 e. The lowest BCUT2D eigenvalue weighted by molar-refractivity contribution is 0.889. The summed E-state index contributed by atoms with van der Waals surface area (Å²) >= 11 is 1.87. The summed E-state index contributed by atoms with van der Waals surface area (Å²) in [4.78, 5) is 0. The number of aryl methyl sites for hydroxylation is 1. The Bertz CT molecular complexity index is 2970. The van der Waals surface area contributed by atoms with Crippen molar-refractivity contribution < 1.29 is 0 Å². The van der Waals surface area contributed by atoms with Crippen molar-refractivity contribution in [1.29, 1.82) is 0 Å². The molecule has 0 amide bonds. The van der Waals surface area contributed by atoms with Crippen molar-refractivity contribution in [2.75, 3.05) is 5.73 Å². The maximum atomic E-state index is 7.03. The summed E-state index contributed by atoms with van der Waals surface area (Å²) in [6.45, 7) is 0. The first-order valence-electron chi connectivity index (χ1n) is 18.3. The van der Waals surface area contributed by atoms with Crippen LogP contribution < -0.4 is 5.73 Å². The van der Waals surface area contributed by atoms with Crippen LogP contribution in [0.3, 0.4) is 0 Å². The van der Waals surface area contributed by atoms with Crippen LogP contribution in [0.25, 0.3) is 87.8 Å². The molecule has 0 bridgehead atoms. The maximum Gasteiger partial charge on any atom is 0.0634 e. The van der Waals surface area contributed by atoms with Gasteiger partial charge in [-0.2, -0.15) is 0 Å². The lowest BCUT2D eigenvalue weighted by atomic mass is 9.95. The summed E-state index contributed by atoms with van der Waals surface area (Å²) in [6, 6.07) is 46.4. The van der Waals surface area contributed by atoms with Crippen LogP contribution >= 0.6 is 11.3 Å². The number of fused-ring (bicyclic) bond motifs is 10. The molecule has 0 fully saturated rings. The van der Waals surface area contributed by atoms with E-state index in [-0.39, 0.29) is 0 Å². The highest BCUT2D eigenvalue weighted by molar-refractivity contribution is 7.26. The van der Waals surface area contributed by atoms with Crippen LogP contribution in [0, 0.1) is 0 Å². The fourth-order valence-electron chi connectivity index (χ4n) is 9.02. The van der Waals surface area contributed by atoms with Crippen molar-refractivity contribution in [3.05, 3.63) is 162 Å². The van der Waals surface area contributed by atoms with Crippen molar-refractivity contribution in [3.63, 3.8) is 0 Å². The fourth-order valence-corrected chi connectivity index (χ4v) is 10.3. The number of rotatable bonds is 4. The fraction of sp³-hybridized carbons (Fsp3) is 0.0833. The van der Waals surface area contributed by atoms with E-state index >= 15 is 0 Å². The molecule has 52 heavy (non-hydrogen) atoms. The minimum Gasteiger partial charge on any atom is -0.398 e. The van der Waals surface area contributed by atoms with E-state index in [0.29, 0.717) is 0 Å². The van der Waals surface area contributed by atoms with E-state index in [4.69, 9.17) is 5.73 Å². The molecule has 6 aromatic carbocycles. The molecular weight excluding hydrogens is 651 g/mol. The normalized spacial score (nSPS) is 13.8. The summed E-state index contributed by atoms with van der Waals surface area (Å²) in [5.41, 5.74) is 22.7. The highest BCUT2D eigenvalue weighted by Gasteiger charge is 2.27. The van der Waals surface area contributed by atoms with E-state index in [1.807, 2.05) is 17.4 Å². The molecule has 0 saturated heterocycles. The Morgan fingerprint density at radius 2 is 1.40 bits per heavy atom. The average molecular weight is 686 g/mol. The number of hydrogen-bond donors (Lipinski definition) is 1. The highest BCUT2D eigenvalue weighted by Crippen LogP contribution is 2.46. The van der Waals surface area contributed by atoms with E-state index in [9.17, 15) is 0 Å². The van der Waals surface area contributed by atoms with Crippen LogP contribution in [0.5, 0.6) is 0 Å². The number of nitrogens with two attached hydrogens (primary N) is 1. The Hall–Kier alpha value is -6.10. The Morgan fingerprint density at radius 1 is 0.615 bits per heavy atom. The quantitative estimate of drug-likeness (QED) is 0.184. The molecule has 0 atom stereocenters. The van der Waals surface area contributed by atoms with Crippen molar-refractivity contribution in [2.45, 2.75) is 25.7 Å². The first kappa shape index (κ1) is 29.6. The van der Waals surface area contributed by atoms with Crippen molar-refractivity contribution >= 4 is 71.2 Å². The molecule has 0 radical (unpaired) electrons. The summed E-state index contributed by atoms with van der Waals surface area (Å²) < 4.78 is 7.68. The molecule has 0 saturated carbocycles. The van der Waals surface area contributed by atoms with Crippen LogP contribution in [0.2, 0.25) is 0 Å². The van der Waals surface area contributed by atoms with Crippen molar-refractivity contribution in [2.24, 2.45) is 0 Å². The first-order valence-corrected chi connectivity index (χ1v) is 19.1. The van der Waals surface area contributed by atoms with Crippen molar-refractivity contribution in [1.82, 2.24) is 9.13 Å². The number of anilines is 1. The third kappa shape index (κ3) is 4.25. The van der Waals surface area contributed by atoms with Gasteiger partial charge >= 0.3 is 0 Å². The van der Waals surface area contributed by atoms with Gasteiger partial charge in [0.15, 0.2) is 0 Å². The van der Waals surface area contributed by atoms with E-state index in [1.54, 1.807) is 0 Å². The predicted octanol–water partition coefficient (Wildman–Crippen LogP) is 12.8. The second kappa shape index (κ2) is 11.5. The van der Waals surface area contributed by atoms with Gasteiger partial charge in [-0.3, -0.25) is 0 Å². The van der Waals surface area contributed by atoms with E-state index in [0.717, 1.165) is 48.2 Å². The highest BCUT2D eigenvalue weighted by atomic mass is 32.1. The van der Waals surface area contributed by atoms with Gasteiger partial charge in [-0.25, -0.2) is 0 Å². The monoisotopic (exact) mass is 685 g/mol. The molecule has 2 aliphatic carbocycles. The Balaban J connectivity index is 1.17. The smallest absolute Gasteiger partial charge is 0.0634 e. The Morgan fingerprint density at radius 3 is 2.35 bits per heavy atom. The number of nitrogens with zero attached hydrogens (tertiary/aromatic N) is 2. The van der Waals surface area contributed by atoms with E-state index in [1.165, 1.54) is 81.3 Å². The Kier molecular flexibility index (Phi) is 6.53. The molecule has 0 unspecified atom stereocenters. The first-order chi connectivity index (χ1) is 25.7. The van der Waals surface area contributed by atoms with Crippen molar-refractivity contribution in [3.8, 4) is 33.6 Å². The second-order valence-corrected chi connectivity index (χ2v) is 15.1. The van der Waals surface area contributed by atoms with Gasteiger partial charge in [0.1, 0.15) is 0 Å². The van der Waals surface area contributed by atoms with Gasteiger partial charge < -0.3 is 14.9 Å². The molecule has 11 rings (SSSR count). The summed E-state index contributed by atoms with van der Waals surface area (Å²) in [6.07, 6.45) is 13.5. The number of allylic oxidation sites excluding steroid dienone is 2. The van der Waals surface area contributed by atoms with Gasteiger partial charge in [0.2, 0.25) is 0 Å². The molecule has 9 aromatic rings. The molecule has 2 aliphatic rings. The lowest BCUT2D eigenvalue weighted by Gasteiger charge is -2.18. The number of para-hydroxylation sites is 1. The summed E-state index contributed by atoms with van der Waals surface area (Å²) in [5.74, 6) is 0. The molecule has 2 N–H and O–H groups in total. The zero-order valence-electron chi connectivity index (χ0n) is 28.6. The standard InChI is InChI=1S/C48H35N3S/c49-39-22-12-25-42(45(39)31-14-10-13-30(29-31)33-20-11-21-37-35-18-6-9-26-44(35)52-48(33)37)51-41-24-8-5-19-38(41)46-43(51)28-27-36-34-17-4-7-23-40(34)50(47(36)46)32-15-2-1-3-16-32/h1-4,6,8-18,20-22,24-29H,5,7,19,23,49H2. The third-order valence-corrected chi connectivity index (χ3v) is 12.4. The van der Waals surface area contributed by atoms with Gasteiger partial charge in [-0.05, 0) is 96.5 Å².